The van der Waals surface area contributed by atoms with Crippen LogP contribution in [0, 0.1) is 0 Å². The van der Waals surface area contributed by atoms with E-state index in [2.05, 4.69) is 13.2 Å². The zero-order chi connectivity index (χ0) is 21.2. The maximum Gasteiger partial charge on any atom is 0.330 e. The number of unbranched alkanes of at least 4 members (excludes halogenated alkanes) is 1. The van der Waals surface area contributed by atoms with Crippen LogP contribution in [0.4, 0.5) is 0 Å². The molecule has 2 aliphatic rings. The molecule has 2 rings (SSSR count). The molecule has 0 bridgehead atoms. The topological polar surface area (TPSA) is 149 Å². The molecule has 4 N–H and O–H groups in total. The van der Waals surface area contributed by atoms with Crippen LogP contribution in [0.5, 0.6) is 0 Å². The number of carboxylic acids is 2. The lowest BCUT2D eigenvalue weighted by Crippen LogP contribution is -2.06. The SMILES string of the molecule is C(OCC1CO1)C1CO1.C=C(C)C(=O)O.C=C(C)C(=O)O.OCCCCO. The van der Waals surface area contributed by atoms with Crippen LogP contribution in [-0.4, -0.2) is 84.2 Å². The average Bonchev–Trinajstić information content (AvgIpc) is 3.50. The van der Waals surface area contributed by atoms with Crippen molar-refractivity contribution in [3.63, 3.8) is 0 Å². The Morgan fingerprint density at radius 2 is 1.15 bits per heavy atom. The summed E-state index contributed by atoms with van der Waals surface area (Å²) in [5.41, 5.74) is 0.352. The van der Waals surface area contributed by atoms with Crippen molar-refractivity contribution in [2.24, 2.45) is 0 Å². The van der Waals surface area contributed by atoms with Crippen LogP contribution in [0.25, 0.3) is 0 Å². The summed E-state index contributed by atoms with van der Waals surface area (Å²) in [6.07, 6.45) is 2.22. The molecular weight excluding hydrogens is 360 g/mol. The lowest BCUT2D eigenvalue weighted by Gasteiger charge is -1.95. The molecule has 0 radical (unpaired) electrons. The van der Waals surface area contributed by atoms with Crippen LogP contribution in [0.2, 0.25) is 0 Å². The molecule has 2 atom stereocenters. The van der Waals surface area contributed by atoms with Gasteiger partial charge in [0.15, 0.2) is 0 Å². The third-order valence-electron chi connectivity index (χ3n) is 2.71. The number of rotatable bonds is 9. The van der Waals surface area contributed by atoms with Crippen LogP contribution < -0.4 is 0 Å². The van der Waals surface area contributed by atoms with Crippen molar-refractivity contribution in [1.82, 2.24) is 0 Å². The van der Waals surface area contributed by atoms with Gasteiger partial charge in [-0.2, -0.15) is 0 Å². The van der Waals surface area contributed by atoms with E-state index in [1.807, 2.05) is 0 Å². The Bertz CT molecular complexity index is 376. The van der Waals surface area contributed by atoms with Crippen molar-refractivity contribution >= 4 is 11.9 Å². The third kappa shape index (κ3) is 26.6. The lowest BCUT2D eigenvalue weighted by molar-refractivity contribution is -0.133. The molecule has 0 aromatic carbocycles. The highest BCUT2D eigenvalue weighted by molar-refractivity contribution is 5.85. The molecule has 2 fully saturated rings. The molecule has 0 amide bonds. The first-order chi connectivity index (χ1) is 12.6. The fourth-order valence-corrected chi connectivity index (χ4v) is 0.883. The molecule has 2 aliphatic heterocycles. The standard InChI is InChI=1S/C6H10O3.2C4H6O2.C4H10O2/c1(5-3-8-5)7-2-6-4-9-6;2*1-3(2)4(5)6;5-3-1-2-4-6/h5-6H,1-4H2;2*1H2,2H3,(H,5,6);5-6H,1-4H2. The summed E-state index contributed by atoms with van der Waals surface area (Å²) in [6.45, 7) is 12.9. The molecule has 9 heteroatoms. The molecule has 9 nitrogen and oxygen atoms in total. The number of carbonyl (C=O) groups is 2. The van der Waals surface area contributed by atoms with E-state index in [1.165, 1.54) is 13.8 Å². The van der Waals surface area contributed by atoms with Gasteiger partial charge in [0.25, 0.3) is 0 Å². The Morgan fingerprint density at radius 1 is 0.889 bits per heavy atom. The normalized spacial score (nSPS) is 18.2. The molecule has 2 heterocycles. The molecule has 0 saturated carbocycles. The Kier molecular flexibility index (Phi) is 17.9. The van der Waals surface area contributed by atoms with Crippen molar-refractivity contribution in [2.45, 2.75) is 38.9 Å². The Morgan fingerprint density at radius 3 is 1.30 bits per heavy atom. The summed E-state index contributed by atoms with van der Waals surface area (Å²) in [5.74, 6) is -1.87. The number of ether oxygens (including phenoxy) is 3. The Labute approximate surface area is 159 Å². The maximum absolute atomic E-state index is 9.60. The third-order valence-corrected chi connectivity index (χ3v) is 2.71. The fraction of sp³-hybridized carbons (Fsp3) is 0.667. The molecule has 0 aromatic rings. The lowest BCUT2D eigenvalue weighted by atomic mass is 10.3. The summed E-state index contributed by atoms with van der Waals surface area (Å²) in [4.78, 5) is 19.2. The number of hydrogen-bond donors (Lipinski definition) is 4. The van der Waals surface area contributed by atoms with Crippen LogP contribution in [-0.2, 0) is 23.8 Å². The number of hydrogen-bond acceptors (Lipinski definition) is 7. The van der Waals surface area contributed by atoms with Gasteiger partial charge in [-0.25, -0.2) is 9.59 Å². The van der Waals surface area contributed by atoms with Gasteiger partial charge in [0.2, 0.25) is 0 Å². The predicted octanol–water partition coefficient (Wildman–Crippen LogP) is 0.846. The van der Waals surface area contributed by atoms with E-state index in [4.69, 9.17) is 34.6 Å². The van der Waals surface area contributed by atoms with E-state index in [0.717, 1.165) is 39.3 Å². The maximum atomic E-state index is 9.60. The van der Waals surface area contributed by atoms with Gasteiger partial charge in [-0.05, 0) is 26.7 Å². The minimum absolute atomic E-state index is 0.176. The van der Waals surface area contributed by atoms with Gasteiger partial charge < -0.3 is 34.6 Å². The van der Waals surface area contributed by atoms with Gasteiger partial charge in [-0.3, -0.25) is 0 Å². The predicted molar refractivity (Wildman–Crippen MR) is 98.6 cm³/mol. The summed E-state index contributed by atoms with van der Waals surface area (Å²) in [7, 11) is 0. The summed E-state index contributed by atoms with van der Waals surface area (Å²) >= 11 is 0. The number of epoxide rings is 2. The van der Waals surface area contributed by atoms with Crippen molar-refractivity contribution in [3.05, 3.63) is 24.3 Å². The minimum atomic E-state index is -0.935. The summed E-state index contributed by atoms with van der Waals surface area (Å²) in [6, 6.07) is 0. The van der Waals surface area contributed by atoms with Crippen LogP contribution in [0.3, 0.4) is 0 Å². The highest BCUT2D eigenvalue weighted by Crippen LogP contribution is 2.12. The number of aliphatic hydroxyl groups excluding tert-OH is 2. The first-order valence-corrected chi connectivity index (χ1v) is 8.45. The van der Waals surface area contributed by atoms with Gasteiger partial charge in [0, 0.05) is 24.4 Å². The van der Waals surface area contributed by atoms with Gasteiger partial charge in [-0.1, -0.05) is 13.2 Å². The Balaban J connectivity index is 0. The summed E-state index contributed by atoms with van der Waals surface area (Å²) in [5, 5.41) is 32.0. The quantitative estimate of drug-likeness (QED) is 0.254. The van der Waals surface area contributed by atoms with E-state index in [0.29, 0.717) is 12.2 Å². The van der Waals surface area contributed by atoms with Gasteiger partial charge in [0.05, 0.1) is 26.4 Å². The fourth-order valence-electron chi connectivity index (χ4n) is 0.883. The number of aliphatic hydroxyl groups is 2. The van der Waals surface area contributed by atoms with E-state index in [-0.39, 0.29) is 24.4 Å². The first-order valence-electron chi connectivity index (χ1n) is 8.45. The second-order valence-electron chi connectivity index (χ2n) is 5.77. The highest BCUT2D eigenvalue weighted by Gasteiger charge is 2.26. The molecule has 0 aromatic heterocycles. The van der Waals surface area contributed by atoms with Crippen molar-refractivity contribution in [1.29, 1.82) is 0 Å². The molecule has 2 unspecified atom stereocenters. The van der Waals surface area contributed by atoms with Gasteiger partial charge in [-0.15, -0.1) is 0 Å². The van der Waals surface area contributed by atoms with E-state index in [9.17, 15) is 9.59 Å². The van der Waals surface area contributed by atoms with Crippen LogP contribution in [0.1, 0.15) is 26.7 Å². The second kappa shape index (κ2) is 17.6. The van der Waals surface area contributed by atoms with Crippen LogP contribution in [0.15, 0.2) is 24.3 Å². The Hall–Kier alpha value is -1.78. The highest BCUT2D eigenvalue weighted by atomic mass is 16.6. The van der Waals surface area contributed by atoms with Crippen molar-refractivity contribution < 1.29 is 44.2 Å². The largest absolute Gasteiger partial charge is 0.478 e. The van der Waals surface area contributed by atoms with Crippen molar-refractivity contribution in [3.8, 4) is 0 Å². The van der Waals surface area contributed by atoms with E-state index < -0.39 is 11.9 Å². The smallest absolute Gasteiger partial charge is 0.330 e. The molecule has 0 spiro atoms. The number of aliphatic carboxylic acids is 2. The van der Waals surface area contributed by atoms with E-state index >= 15 is 0 Å². The average molecular weight is 392 g/mol. The molecule has 27 heavy (non-hydrogen) atoms. The number of carboxylic acid groups (broad SMARTS) is 2. The summed E-state index contributed by atoms with van der Waals surface area (Å²) < 4.78 is 15.1. The van der Waals surface area contributed by atoms with E-state index in [1.54, 1.807) is 0 Å². The molecule has 0 aliphatic carbocycles. The first kappa shape index (κ1) is 27.4. The molecule has 158 valence electrons. The van der Waals surface area contributed by atoms with Crippen LogP contribution >= 0.6 is 0 Å². The second-order valence-corrected chi connectivity index (χ2v) is 5.77. The molecule has 2 saturated heterocycles. The monoisotopic (exact) mass is 392 g/mol. The van der Waals surface area contributed by atoms with Crippen molar-refractivity contribution in [2.75, 3.05) is 39.6 Å². The zero-order valence-corrected chi connectivity index (χ0v) is 16.1. The molecular formula is C18H32O9. The minimum Gasteiger partial charge on any atom is -0.478 e. The van der Waals surface area contributed by atoms with Gasteiger partial charge >= 0.3 is 11.9 Å². The zero-order valence-electron chi connectivity index (χ0n) is 16.1. The van der Waals surface area contributed by atoms with Gasteiger partial charge in [0.1, 0.15) is 12.2 Å².